The molecule has 3 aromatic carbocycles. The summed E-state index contributed by atoms with van der Waals surface area (Å²) in [6.45, 7) is 3.11. The van der Waals surface area contributed by atoms with E-state index in [1.54, 1.807) is 7.11 Å². The highest BCUT2D eigenvalue weighted by atomic mass is 16.5. The van der Waals surface area contributed by atoms with Crippen LogP contribution in [-0.2, 0) is 19.5 Å². The van der Waals surface area contributed by atoms with E-state index in [0.717, 1.165) is 31.8 Å². The monoisotopic (exact) mass is 329 g/mol. The second-order valence-corrected chi connectivity index (χ2v) is 6.66. The standard InChI is InChI=1S/C23H23NO/c1-25-23-12-11-22-17-24(14-13-21(22)15-23)16-18-7-9-20(10-8-18)19-5-3-2-4-6-19/h2-12,15H,13-14,16-17H2,1H3. The summed E-state index contributed by atoms with van der Waals surface area (Å²) in [5.41, 5.74) is 6.77. The Bertz CT molecular complexity index is 840. The lowest BCUT2D eigenvalue weighted by Crippen LogP contribution is -2.30. The molecule has 4 rings (SSSR count). The number of fused-ring (bicyclic) bond motifs is 1. The second kappa shape index (κ2) is 7.12. The molecule has 2 nitrogen and oxygen atoms in total. The van der Waals surface area contributed by atoms with Gasteiger partial charge in [-0.05, 0) is 46.4 Å². The highest BCUT2D eigenvalue weighted by Gasteiger charge is 2.16. The lowest BCUT2D eigenvalue weighted by atomic mass is 9.98. The number of hydrogen-bond acceptors (Lipinski definition) is 2. The molecule has 0 radical (unpaired) electrons. The Labute approximate surface area is 149 Å². The van der Waals surface area contributed by atoms with Gasteiger partial charge in [0, 0.05) is 19.6 Å². The smallest absolute Gasteiger partial charge is 0.119 e. The zero-order valence-electron chi connectivity index (χ0n) is 14.6. The molecule has 0 amide bonds. The molecule has 3 aromatic rings. The Hall–Kier alpha value is -2.58. The first kappa shape index (κ1) is 15.9. The van der Waals surface area contributed by atoms with Crippen molar-refractivity contribution in [2.45, 2.75) is 19.5 Å². The zero-order chi connectivity index (χ0) is 17.1. The molecule has 0 unspecified atom stereocenters. The van der Waals surface area contributed by atoms with Crippen molar-refractivity contribution in [3.63, 3.8) is 0 Å². The van der Waals surface area contributed by atoms with E-state index in [-0.39, 0.29) is 0 Å². The van der Waals surface area contributed by atoms with Gasteiger partial charge in [-0.25, -0.2) is 0 Å². The van der Waals surface area contributed by atoms with Gasteiger partial charge in [-0.2, -0.15) is 0 Å². The molecular formula is C23H23NO. The molecule has 1 aliphatic heterocycles. The van der Waals surface area contributed by atoms with E-state index in [4.69, 9.17) is 4.74 Å². The fraction of sp³-hybridized carbons (Fsp3) is 0.217. The Morgan fingerprint density at radius 3 is 2.36 bits per heavy atom. The molecule has 126 valence electrons. The van der Waals surface area contributed by atoms with E-state index < -0.39 is 0 Å². The summed E-state index contributed by atoms with van der Waals surface area (Å²) in [7, 11) is 1.73. The quantitative estimate of drug-likeness (QED) is 0.673. The maximum absolute atomic E-state index is 5.34. The van der Waals surface area contributed by atoms with Gasteiger partial charge >= 0.3 is 0 Å². The topological polar surface area (TPSA) is 12.5 Å². The van der Waals surface area contributed by atoms with E-state index in [2.05, 4.69) is 77.7 Å². The number of hydrogen-bond donors (Lipinski definition) is 0. The van der Waals surface area contributed by atoms with E-state index in [0.29, 0.717) is 0 Å². The highest BCUT2D eigenvalue weighted by molar-refractivity contribution is 5.63. The third kappa shape index (κ3) is 3.59. The van der Waals surface area contributed by atoms with Crippen LogP contribution in [0.5, 0.6) is 5.75 Å². The molecule has 0 saturated carbocycles. The van der Waals surface area contributed by atoms with Crippen LogP contribution in [-0.4, -0.2) is 18.6 Å². The number of benzene rings is 3. The van der Waals surface area contributed by atoms with Gasteiger partial charge in [0.25, 0.3) is 0 Å². The number of rotatable bonds is 4. The summed E-state index contributed by atoms with van der Waals surface area (Å²) in [5, 5.41) is 0. The van der Waals surface area contributed by atoms with Crippen molar-refractivity contribution < 1.29 is 4.74 Å². The van der Waals surface area contributed by atoms with Crippen molar-refractivity contribution in [2.24, 2.45) is 0 Å². The average molecular weight is 329 g/mol. The van der Waals surface area contributed by atoms with Gasteiger partial charge in [0.1, 0.15) is 5.75 Å². The van der Waals surface area contributed by atoms with Gasteiger partial charge in [0.15, 0.2) is 0 Å². The van der Waals surface area contributed by atoms with Crippen LogP contribution in [0.15, 0.2) is 72.8 Å². The maximum Gasteiger partial charge on any atom is 0.119 e. The van der Waals surface area contributed by atoms with Gasteiger partial charge in [-0.1, -0.05) is 60.7 Å². The molecule has 0 saturated heterocycles. The van der Waals surface area contributed by atoms with Crippen molar-refractivity contribution in [2.75, 3.05) is 13.7 Å². The highest BCUT2D eigenvalue weighted by Crippen LogP contribution is 2.25. The number of ether oxygens (including phenoxy) is 1. The third-order valence-corrected chi connectivity index (χ3v) is 4.97. The maximum atomic E-state index is 5.34. The van der Waals surface area contributed by atoms with E-state index >= 15 is 0 Å². The van der Waals surface area contributed by atoms with Crippen LogP contribution >= 0.6 is 0 Å². The van der Waals surface area contributed by atoms with Crippen LogP contribution in [0.3, 0.4) is 0 Å². The molecule has 0 N–H and O–H groups in total. The summed E-state index contributed by atoms with van der Waals surface area (Å²) >= 11 is 0. The molecule has 0 fully saturated rings. The summed E-state index contributed by atoms with van der Waals surface area (Å²) in [5.74, 6) is 0.962. The minimum absolute atomic E-state index is 0.962. The molecule has 0 atom stereocenters. The van der Waals surface area contributed by atoms with Crippen molar-refractivity contribution in [1.29, 1.82) is 0 Å². The lowest BCUT2D eigenvalue weighted by molar-refractivity contribution is 0.245. The van der Waals surface area contributed by atoms with Crippen LogP contribution in [0.1, 0.15) is 16.7 Å². The van der Waals surface area contributed by atoms with Crippen LogP contribution in [0, 0.1) is 0 Å². The molecule has 25 heavy (non-hydrogen) atoms. The minimum atomic E-state index is 0.962. The predicted octanol–water partition coefficient (Wildman–Crippen LogP) is 4.92. The first-order chi connectivity index (χ1) is 12.3. The number of methoxy groups -OCH3 is 1. The minimum Gasteiger partial charge on any atom is -0.497 e. The van der Waals surface area contributed by atoms with Gasteiger partial charge in [-0.3, -0.25) is 4.90 Å². The predicted molar refractivity (Wildman–Crippen MR) is 103 cm³/mol. The molecule has 1 aliphatic rings. The largest absolute Gasteiger partial charge is 0.497 e. The van der Waals surface area contributed by atoms with Crippen LogP contribution in [0.4, 0.5) is 0 Å². The zero-order valence-corrected chi connectivity index (χ0v) is 14.6. The van der Waals surface area contributed by atoms with Gasteiger partial charge in [-0.15, -0.1) is 0 Å². The van der Waals surface area contributed by atoms with E-state index in [9.17, 15) is 0 Å². The van der Waals surface area contributed by atoms with Gasteiger partial charge < -0.3 is 4.74 Å². The Kier molecular flexibility index (Phi) is 4.53. The van der Waals surface area contributed by atoms with E-state index in [1.165, 1.54) is 27.8 Å². The van der Waals surface area contributed by atoms with Crippen molar-refractivity contribution in [3.8, 4) is 16.9 Å². The summed E-state index contributed by atoms with van der Waals surface area (Å²) in [6, 6.07) is 26.0. The Balaban J connectivity index is 1.44. The first-order valence-electron chi connectivity index (χ1n) is 8.84. The average Bonchev–Trinajstić information content (AvgIpc) is 2.69. The molecular weight excluding hydrogens is 306 g/mol. The molecule has 0 aromatic heterocycles. The molecule has 0 spiro atoms. The van der Waals surface area contributed by atoms with Crippen LogP contribution < -0.4 is 4.74 Å². The molecule has 2 heteroatoms. The molecule has 1 heterocycles. The lowest BCUT2D eigenvalue weighted by Gasteiger charge is -2.29. The Morgan fingerprint density at radius 1 is 0.840 bits per heavy atom. The summed E-state index contributed by atoms with van der Waals surface area (Å²) in [4.78, 5) is 2.52. The molecule has 0 bridgehead atoms. The van der Waals surface area contributed by atoms with Gasteiger partial charge in [0.05, 0.1) is 7.11 Å². The molecule has 0 aliphatic carbocycles. The van der Waals surface area contributed by atoms with Gasteiger partial charge in [0.2, 0.25) is 0 Å². The van der Waals surface area contributed by atoms with Crippen molar-refractivity contribution in [3.05, 3.63) is 89.5 Å². The van der Waals surface area contributed by atoms with Crippen molar-refractivity contribution in [1.82, 2.24) is 4.90 Å². The normalized spacial score (nSPS) is 14.1. The van der Waals surface area contributed by atoms with Crippen LogP contribution in [0.25, 0.3) is 11.1 Å². The van der Waals surface area contributed by atoms with Crippen molar-refractivity contribution >= 4 is 0 Å². The Morgan fingerprint density at radius 2 is 1.60 bits per heavy atom. The van der Waals surface area contributed by atoms with Crippen LogP contribution in [0.2, 0.25) is 0 Å². The van der Waals surface area contributed by atoms with E-state index in [1.807, 2.05) is 0 Å². The SMILES string of the molecule is COc1ccc2c(c1)CCN(Cc1ccc(-c3ccccc3)cc1)C2. The number of nitrogens with zero attached hydrogens (tertiary/aromatic N) is 1. The fourth-order valence-corrected chi connectivity index (χ4v) is 3.54. The summed E-state index contributed by atoms with van der Waals surface area (Å²) in [6.07, 6.45) is 1.09. The first-order valence-corrected chi connectivity index (χ1v) is 8.84. The third-order valence-electron chi connectivity index (χ3n) is 4.97. The fourth-order valence-electron chi connectivity index (χ4n) is 3.54. The second-order valence-electron chi connectivity index (χ2n) is 6.66. The summed E-state index contributed by atoms with van der Waals surface area (Å²) < 4.78 is 5.34.